The molecule has 1 amide bonds. The van der Waals surface area contributed by atoms with Gasteiger partial charge >= 0.3 is 0 Å². The predicted molar refractivity (Wildman–Crippen MR) is 102 cm³/mol. The zero-order chi connectivity index (χ0) is 18.8. The molecule has 144 valence electrons. The minimum Gasteiger partial charge on any atom is -0.464 e. The number of rotatable bonds is 9. The summed E-state index contributed by atoms with van der Waals surface area (Å²) in [6.45, 7) is 3.90. The van der Waals surface area contributed by atoms with Crippen molar-refractivity contribution in [1.82, 2.24) is 10.2 Å². The fourth-order valence-electron chi connectivity index (χ4n) is 3.59. The first-order valence-corrected chi connectivity index (χ1v) is 9.92. The molecule has 2 saturated carbocycles. The first-order chi connectivity index (χ1) is 13.1. The Bertz CT molecular complexity index is 782. The van der Waals surface area contributed by atoms with Crippen LogP contribution >= 0.6 is 0 Å². The largest absolute Gasteiger partial charge is 0.464 e. The SMILES string of the molecule is CC1CC1c1ccc(CN(CC(=O)NCCc2ccc(F)cc2)C2CC2)o1. The lowest BCUT2D eigenvalue weighted by Crippen LogP contribution is -2.38. The van der Waals surface area contributed by atoms with Crippen molar-refractivity contribution < 1.29 is 13.6 Å². The summed E-state index contributed by atoms with van der Waals surface area (Å²) in [6, 6.07) is 11.1. The smallest absolute Gasteiger partial charge is 0.234 e. The van der Waals surface area contributed by atoms with Gasteiger partial charge in [-0.3, -0.25) is 9.69 Å². The second-order valence-corrected chi connectivity index (χ2v) is 7.99. The molecule has 27 heavy (non-hydrogen) atoms. The van der Waals surface area contributed by atoms with Gasteiger partial charge < -0.3 is 9.73 Å². The van der Waals surface area contributed by atoms with Crippen molar-refractivity contribution >= 4 is 5.91 Å². The highest BCUT2D eigenvalue weighted by atomic mass is 19.1. The van der Waals surface area contributed by atoms with Gasteiger partial charge in [0, 0.05) is 18.5 Å². The van der Waals surface area contributed by atoms with Crippen LogP contribution in [0.15, 0.2) is 40.8 Å². The molecule has 2 fully saturated rings. The van der Waals surface area contributed by atoms with E-state index in [0.717, 1.165) is 35.8 Å². The Morgan fingerprint density at radius 1 is 1.22 bits per heavy atom. The molecule has 5 heteroatoms. The summed E-state index contributed by atoms with van der Waals surface area (Å²) in [7, 11) is 0. The maximum Gasteiger partial charge on any atom is 0.234 e. The van der Waals surface area contributed by atoms with Crippen LogP contribution in [0.5, 0.6) is 0 Å². The van der Waals surface area contributed by atoms with E-state index in [1.54, 1.807) is 12.1 Å². The maximum atomic E-state index is 12.9. The molecule has 0 spiro atoms. The average Bonchev–Trinajstić information content (AvgIpc) is 3.57. The van der Waals surface area contributed by atoms with Gasteiger partial charge in [-0.2, -0.15) is 0 Å². The highest BCUT2D eigenvalue weighted by Crippen LogP contribution is 2.47. The van der Waals surface area contributed by atoms with Crippen LogP contribution in [0.1, 0.15) is 49.2 Å². The number of benzene rings is 1. The van der Waals surface area contributed by atoms with Crippen LogP contribution in [0.3, 0.4) is 0 Å². The third kappa shape index (κ3) is 4.98. The molecule has 4 nitrogen and oxygen atoms in total. The van der Waals surface area contributed by atoms with E-state index in [1.165, 1.54) is 18.6 Å². The number of furan rings is 1. The van der Waals surface area contributed by atoms with Gasteiger partial charge in [0.2, 0.25) is 5.91 Å². The fourth-order valence-corrected chi connectivity index (χ4v) is 3.59. The molecule has 0 aliphatic heterocycles. The molecule has 2 unspecified atom stereocenters. The molecule has 2 aliphatic carbocycles. The zero-order valence-electron chi connectivity index (χ0n) is 15.8. The van der Waals surface area contributed by atoms with E-state index < -0.39 is 0 Å². The van der Waals surface area contributed by atoms with Crippen LogP contribution in [0.4, 0.5) is 4.39 Å². The van der Waals surface area contributed by atoms with Crippen LogP contribution in [0.25, 0.3) is 0 Å². The van der Waals surface area contributed by atoms with Crippen molar-refractivity contribution in [3.05, 3.63) is 59.3 Å². The Kier molecular flexibility index (Phi) is 5.30. The number of carbonyl (C=O) groups excluding carboxylic acids is 1. The van der Waals surface area contributed by atoms with Crippen LogP contribution in [-0.4, -0.2) is 29.9 Å². The van der Waals surface area contributed by atoms with E-state index in [9.17, 15) is 9.18 Å². The summed E-state index contributed by atoms with van der Waals surface area (Å²) >= 11 is 0. The Morgan fingerprint density at radius 2 is 1.96 bits per heavy atom. The summed E-state index contributed by atoms with van der Waals surface area (Å²) in [5.41, 5.74) is 1.02. The van der Waals surface area contributed by atoms with Crippen LogP contribution in [-0.2, 0) is 17.8 Å². The molecule has 4 rings (SSSR count). The minimum absolute atomic E-state index is 0.0339. The Labute approximate surface area is 159 Å². The maximum absolute atomic E-state index is 12.9. The molecule has 1 N–H and O–H groups in total. The first kappa shape index (κ1) is 18.2. The van der Waals surface area contributed by atoms with Crippen molar-refractivity contribution in [3.8, 4) is 0 Å². The van der Waals surface area contributed by atoms with Gasteiger partial charge in [0.05, 0.1) is 13.1 Å². The molecule has 1 aromatic heterocycles. The summed E-state index contributed by atoms with van der Waals surface area (Å²) in [6.07, 6.45) is 4.22. The molecule has 0 radical (unpaired) electrons. The van der Waals surface area contributed by atoms with E-state index in [4.69, 9.17) is 4.42 Å². The van der Waals surface area contributed by atoms with Crippen molar-refractivity contribution in [1.29, 1.82) is 0 Å². The molecule has 2 atom stereocenters. The van der Waals surface area contributed by atoms with Crippen molar-refractivity contribution in [2.75, 3.05) is 13.1 Å². The normalized spacial score (nSPS) is 21.4. The van der Waals surface area contributed by atoms with E-state index >= 15 is 0 Å². The highest BCUT2D eigenvalue weighted by Gasteiger charge is 2.37. The van der Waals surface area contributed by atoms with E-state index in [-0.39, 0.29) is 11.7 Å². The zero-order valence-corrected chi connectivity index (χ0v) is 15.8. The summed E-state index contributed by atoms with van der Waals surface area (Å²) < 4.78 is 18.9. The number of nitrogens with zero attached hydrogens (tertiary/aromatic N) is 1. The van der Waals surface area contributed by atoms with Crippen molar-refractivity contribution in [3.63, 3.8) is 0 Å². The van der Waals surface area contributed by atoms with E-state index in [1.807, 2.05) is 0 Å². The molecule has 0 bridgehead atoms. The second kappa shape index (κ2) is 7.85. The van der Waals surface area contributed by atoms with E-state index in [0.29, 0.717) is 38.0 Å². The Morgan fingerprint density at radius 3 is 2.63 bits per heavy atom. The van der Waals surface area contributed by atoms with Crippen molar-refractivity contribution in [2.24, 2.45) is 5.92 Å². The van der Waals surface area contributed by atoms with Gasteiger partial charge in [0.15, 0.2) is 0 Å². The van der Waals surface area contributed by atoms with Gasteiger partial charge in [0.1, 0.15) is 17.3 Å². The molecular formula is C22H27FN2O2. The van der Waals surface area contributed by atoms with Gasteiger partial charge in [-0.15, -0.1) is 0 Å². The van der Waals surface area contributed by atoms with Gasteiger partial charge in [-0.05, 0) is 61.4 Å². The molecular weight excluding hydrogens is 343 g/mol. The number of halogens is 1. The summed E-state index contributed by atoms with van der Waals surface area (Å²) in [4.78, 5) is 14.6. The summed E-state index contributed by atoms with van der Waals surface area (Å²) in [5, 5.41) is 2.98. The molecule has 1 aromatic carbocycles. The summed E-state index contributed by atoms with van der Waals surface area (Å²) in [5.74, 6) is 3.16. The lowest BCUT2D eigenvalue weighted by Gasteiger charge is -2.20. The second-order valence-electron chi connectivity index (χ2n) is 7.99. The van der Waals surface area contributed by atoms with Gasteiger partial charge in [0.25, 0.3) is 0 Å². The fraction of sp³-hybridized carbons (Fsp3) is 0.500. The minimum atomic E-state index is -0.236. The Balaban J connectivity index is 1.24. The first-order valence-electron chi connectivity index (χ1n) is 9.92. The molecule has 1 heterocycles. The lowest BCUT2D eigenvalue weighted by atomic mass is 10.1. The van der Waals surface area contributed by atoms with Crippen LogP contribution in [0.2, 0.25) is 0 Å². The predicted octanol–water partition coefficient (Wildman–Crippen LogP) is 3.87. The highest BCUT2D eigenvalue weighted by molar-refractivity contribution is 5.78. The topological polar surface area (TPSA) is 45.5 Å². The van der Waals surface area contributed by atoms with Gasteiger partial charge in [-0.1, -0.05) is 19.1 Å². The molecule has 0 saturated heterocycles. The van der Waals surface area contributed by atoms with Crippen LogP contribution < -0.4 is 5.32 Å². The monoisotopic (exact) mass is 370 g/mol. The third-order valence-corrected chi connectivity index (χ3v) is 5.58. The number of carbonyl (C=O) groups is 1. The average molecular weight is 370 g/mol. The number of nitrogens with one attached hydrogen (secondary N) is 1. The molecule has 2 aromatic rings. The Hall–Kier alpha value is -2.14. The quantitative estimate of drug-likeness (QED) is 0.729. The van der Waals surface area contributed by atoms with Crippen molar-refractivity contribution in [2.45, 2.75) is 51.1 Å². The lowest BCUT2D eigenvalue weighted by molar-refractivity contribution is -0.122. The number of hydrogen-bond acceptors (Lipinski definition) is 3. The molecule has 2 aliphatic rings. The third-order valence-electron chi connectivity index (χ3n) is 5.58. The van der Waals surface area contributed by atoms with Crippen LogP contribution in [0, 0.1) is 11.7 Å². The standard InChI is InChI=1S/C22H27FN2O2/c1-15-12-20(15)21-9-8-19(27-21)13-25(18-6-7-18)14-22(26)24-11-10-16-2-4-17(23)5-3-16/h2-5,8-9,15,18,20H,6-7,10-14H2,1H3,(H,24,26). The number of amides is 1. The number of hydrogen-bond donors (Lipinski definition) is 1. The van der Waals surface area contributed by atoms with E-state index in [2.05, 4.69) is 29.3 Å². The van der Waals surface area contributed by atoms with Gasteiger partial charge in [-0.25, -0.2) is 4.39 Å².